The first-order chi connectivity index (χ1) is 18.1. The summed E-state index contributed by atoms with van der Waals surface area (Å²) in [6.45, 7) is 0. The van der Waals surface area contributed by atoms with Gasteiger partial charge in [0.1, 0.15) is 17.9 Å². The highest BCUT2D eigenvalue weighted by Crippen LogP contribution is 2.20. The van der Waals surface area contributed by atoms with Gasteiger partial charge in [-0.15, -0.1) is 0 Å². The number of primary amides is 1. The van der Waals surface area contributed by atoms with Gasteiger partial charge in [-0.1, -0.05) is 66.7 Å². The highest BCUT2D eigenvalue weighted by Gasteiger charge is 2.27. The van der Waals surface area contributed by atoms with Gasteiger partial charge in [0, 0.05) is 24.0 Å². The topological polar surface area (TPSA) is 188 Å². The highest BCUT2D eigenvalue weighted by atomic mass is 16.4. The fourth-order valence-corrected chi connectivity index (χ4v) is 3.78. The van der Waals surface area contributed by atoms with Gasteiger partial charge in [-0.3, -0.25) is 24.6 Å². The zero-order chi connectivity index (χ0) is 27.7. The van der Waals surface area contributed by atoms with Crippen molar-refractivity contribution < 1.29 is 24.3 Å². The number of nitrogens with two attached hydrogens (primary N) is 2. The number of carboxylic acids is 1. The second-order valence-electron chi connectivity index (χ2n) is 8.68. The summed E-state index contributed by atoms with van der Waals surface area (Å²) in [7, 11) is 0. The molecule has 0 aliphatic carbocycles. The van der Waals surface area contributed by atoms with E-state index in [4.69, 9.17) is 22.0 Å². The third-order valence-corrected chi connectivity index (χ3v) is 5.89. The van der Waals surface area contributed by atoms with Crippen molar-refractivity contribution in [3.8, 4) is 11.1 Å². The number of hydrogen-bond acceptors (Lipinski definition) is 5. The fraction of sp³-hybridized carbons (Fsp3) is 0.179. The molecule has 0 aliphatic heterocycles. The Hall–Kier alpha value is -4.99. The quantitative estimate of drug-likeness (QED) is 0.157. The number of carbonyl (C=O) groups is 4. The van der Waals surface area contributed by atoms with Crippen LogP contribution in [0.3, 0.4) is 0 Å². The highest BCUT2D eigenvalue weighted by molar-refractivity contribution is 6.00. The lowest BCUT2D eigenvalue weighted by Gasteiger charge is -2.22. The summed E-state index contributed by atoms with van der Waals surface area (Å²) >= 11 is 0. The Kier molecular flexibility index (Phi) is 9.31. The smallest absolute Gasteiger partial charge is 0.303 e. The average Bonchev–Trinajstić information content (AvgIpc) is 2.91. The van der Waals surface area contributed by atoms with Crippen molar-refractivity contribution in [3.63, 3.8) is 0 Å². The molecule has 2 atom stereocenters. The van der Waals surface area contributed by atoms with Gasteiger partial charge in [0.2, 0.25) is 11.8 Å². The monoisotopic (exact) mass is 515 g/mol. The Morgan fingerprint density at radius 1 is 0.763 bits per heavy atom. The molecule has 0 fully saturated rings. The number of hydrogen-bond donors (Lipinski definition) is 6. The first kappa shape index (κ1) is 27.6. The maximum absolute atomic E-state index is 13.2. The van der Waals surface area contributed by atoms with Crippen LogP contribution in [0.1, 0.15) is 34.3 Å². The normalized spacial score (nSPS) is 12.1. The molecule has 3 aromatic carbocycles. The number of nitrogen functional groups attached to an aromatic ring is 1. The van der Waals surface area contributed by atoms with E-state index < -0.39 is 35.8 Å². The lowest BCUT2D eigenvalue weighted by atomic mass is 9.99. The van der Waals surface area contributed by atoms with Crippen LogP contribution in [0.5, 0.6) is 0 Å². The van der Waals surface area contributed by atoms with Crippen LogP contribution in [0, 0.1) is 5.41 Å². The lowest BCUT2D eigenvalue weighted by Crippen LogP contribution is -2.53. The molecule has 0 saturated carbocycles. The van der Waals surface area contributed by atoms with Crippen LogP contribution in [-0.4, -0.2) is 46.7 Å². The van der Waals surface area contributed by atoms with Crippen molar-refractivity contribution in [2.24, 2.45) is 11.5 Å². The van der Waals surface area contributed by atoms with Crippen LogP contribution in [0.15, 0.2) is 78.9 Å². The van der Waals surface area contributed by atoms with E-state index in [2.05, 4.69) is 10.6 Å². The number of carboxylic acid groups (broad SMARTS) is 1. The van der Waals surface area contributed by atoms with Crippen LogP contribution >= 0.6 is 0 Å². The molecule has 3 aromatic rings. The number of rotatable bonds is 12. The van der Waals surface area contributed by atoms with Crippen molar-refractivity contribution in [2.75, 3.05) is 0 Å². The van der Waals surface area contributed by atoms with Crippen molar-refractivity contribution in [3.05, 3.63) is 95.6 Å². The van der Waals surface area contributed by atoms with Gasteiger partial charge in [-0.05, 0) is 35.2 Å². The molecule has 0 unspecified atom stereocenters. The Labute approximate surface area is 219 Å². The number of benzene rings is 3. The second-order valence-corrected chi connectivity index (χ2v) is 8.68. The summed E-state index contributed by atoms with van der Waals surface area (Å²) < 4.78 is 0. The van der Waals surface area contributed by atoms with Crippen molar-refractivity contribution in [1.82, 2.24) is 10.6 Å². The summed E-state index contributed by atoms with van der Waals surface area (Å²) in [6.07, 6.45) is -0.452. The van der Waals surface area contributed by atoms with Gasteiger partial charge in [-0.25, -0.2) is 0 Å². The maximum atomic E-state index is 13.2. The van der Waals surface area contributed by atoms with Gasteiger partial charge in [0.15, 0.2) is 0 Å². The molecule has 0 bridgehead atoms. The Morgan fingerprint density at radius 2 is 1.34 bits per heavy atom. The van der Waals surface area contributed by atoms with E-state index in [0.717, 1.165) is 16.7 Å². The Balaban J connectivity index is 1.81. The summed E-state index contributed by atoms with van der Waals surface area (Å²) in [4.78, 5) is 48.9. The molecule has 0 spiro atoms. The number of amides is 3. The standard InChI is InChI=1S/C28H29N5O5/c29-25(30)20-10-12-21(13-11-20)27(37)33-23(28(38)32-22(26(31)36)14-15-24(34)35)16-17-6-8-19(9-7-17)18-4-2-1-3-5-18/h1-13,22-23H,14-16H2,(H3,29,30)(H2,31,36)(H,32,38)(H,33,37)(H,34,35)/t22-,23-/m1/s1. The molecule has 3 rings (SSSR count). The Bertz CT molecular complexity index is 1310. The fourth-order valence-electron chi connectivity index (χ4n) is 3.78. The van der Waals surface area contributed by atoms with Gasteiger partial charge >= 0.3 is 5.97 Å². The minimum Gasteiger partial charge on any atom is -0.481 e. The van der Waals surface area contributed by atoms with Gasteiger partial charge in [0.05, 0.1) is 0 Å². The van der Waals surface area contributed by atoms with Crippen LogP contribution < -0.4 is 22.1 Å². The second kappa shape index (κ2) is 12.8. The molecule has 0 radical (unpaired) electrons. The number of nitrogens with one attached hydrogen (secondary N) is 3. The molecular formula is C28H29N5O5. The van der Waals surface area contributed by atoms with E-state index in [0.29, 0.717) is 5.56 Å². The summed E-state index contributed by atoms with van der Waals surface area (Å²) in [6, 6.07) is 20.9. The number of amidine groups is 1. The zero-order valence-corrected chi connectivity index (χ0v) is 20.5. The van der Waals surface area contributed by atoms with Crippen molar-refractivity contribution >= 4 is 29.5 Å². The summed E-state index contributed by atoms with van der Waals surface area (Å²) in [5.74, 6) is -3.39. The predicted molar refractivity (Wildman–Crippen MR) is 142 cm³/mol. The van der Waals surface area contributed by atoms with Crippen molar-refractivity contribution in [1.29, 1.82) is 5.41 Å². The predicted octanol–water partition coefficient (Wildman–Crippen LogP) is 1.81. The molecule has 10 heteroatoms. The molecule has 38 heavy (non-hydrogen) atoms. The van der Waals surface area contributed by atoms with E-state index in [1.54, 1.807) is 0 Å². The minimum absolute atomic E-state index is 0.0998. The minimum atomic E-state index is -1.21. The van der Waals surface area contributed by atoms with Gasteiger partial charge in [-0.2, -0.15) is 0 Å². The van der Waals surface area contributed by atoms with Gasteiger partial charge in [0.25, 0.3) is 5.91 Å². The van der Waals surface area contributed by atoms with Crippen molar-refractivity contribution in [2.45, 2.75) is 31.3 Å². The molecule has 0 heterocycles. The average molecular weight is 516 g/mol. The van der Waals surface area contributed by atoms with Crippen LogP contribution in [-0.2, 0) is 20.8 Å². The summed E-state index contributed by atoms with van der Waals surface area (Å²) in [5.41, 5.74) is 14.3. The van der Waals surface area contributed by atoms with Crippen LogP contribution in [0.2, 0.25) is 0 Å². The molecule has 0 aromatic heterocycles. The van der Waals surface area contributed by atoms with Crippen LogP contribution in [0.4, 0.5) is 0 Å². The van der Waals surface area contributed by atoms with Crippen LogP contribution in [0.25, 0.3) is 11.1 Å². The van der Waals surface area contributed by atoms with Gasteiger partial charge < -0.3 is 27.2 Å². The molecule has 0 saturated heterocycles. The zero-order valence-electron chi connectivity index (χ0n) is 20.5. The molecule has 3 amide bonds. The van der Waals surface area contributed by atoms with E-state index >= 15 is 0 Å². The summed E-state index contributed by atoms with van der Waals surface area (Å²) in [5, 5.41) is 21.6. The molecule has 0 aliphatic rings. The van der Waals surface area contributed by atoms with E-state index in [9.17, 15) is 19.2 Å². The molecule has 10 nitrogen and oxygen atoms in total. The first-order valence-corrected chi connectivity index (χ1v) is 11.8. The molecule has 196 valence electrons. The van der Waals surface area contributed by atoms with E-state index in [-0.39, 0.29) is 30.7 Å². The number of aliphatic carboxylic acids is 1. The molecular weight excluding hydrogens is 486 g/mol. The maximum Gasteiger partial charge on any atom is 0.303 e. The largest absolute Gasteiger partial charge is 0.481 e. The van der Waals surface area contributed by atoms with E-state index in [1.807, 2.05) is 54.6 Å². The number of carbonyl (C=O) groups excluding carboxylic acids is 3. The molecule has 8 N–H and O–H groups in total. The third kappa shape index (κ3) is 7.76. The van der Waals surface area contributed by atoms with E-state index in [1.165, 1.54) is 24.3 Å². The SMILES string of the molecule is N=C(N)c1ccc(C(=O)N[C@H](Cc2ccc(-c3ccccc3)cc2)C(=O)N[C@H](CCC(=O)O)C(N)=O)cc1. The Morgan fingerprint density at radius 3 is 1.89 bits per heavy atom. The lowest BCUT2D eigenvalue weighted by molar-refractivity contribution is -0.137. The first-order valence-electron chi connectivity index (χ1n) is 11.8. The third-order valence-electron chi connectivity index (χ3n) is 5.89.